The number of hydrogen-bond acceptors (Lipinski definition) is 3. The zero-order valence-corrected chi connectivity index (χ0v) is 13.3. The Kier molecular flexibility index (Phi) is 5.76. The maximum atomic E-state index is 5.88. The Bertz CT molecular complexity index is 383. The second-order valence-electron chi connectivity index (χ2n) is 4.05. The molecule has 5 heteroatoms. The maximum absolute atomic E-state index is 5.88. The highest BCUT2D eigenvalue weighted by atomic mass is 79.9. The highest BCUT2D eigenvalue weighted by Gasteiger charge is 2.16. The molecule has 0 aliphatic heterocycles. The van der Waals surface area contributed by atoms with Gasteiger partial charge in [0.25, 0.3) is 0 Å². The fraction of sp³-hybridized carbons (Fsp3) is 0.500. The van der Waals surface area contributed by atoms with E-state index in [0.29, 0.717) is 12.5 Å². The predicted octanol–water partition coefficient (Wildman–Crippen LogP) is 3.58. The first kappa shape index (κ1) is 14.8. The van der Waals surface area contributed by atoms with E-state index in [1.54, 1.807) is 7.11 Å². The van der Waals surface area contributed by atoms with E-state index in [0.717, 1.165) is 20.4 Å². The molecule has 0 amide bonds. The van der Waals surface area contributed by atoms with E-state index in [1.807, 2.05) is 12.1 Å². The molecule has 0 saturated carbocycles. The van der Waals surface area contributed by atoms with Crippen molar-refractivity contribution in [3.63, 3.8) is 0 Å². The first-order chi connectivity index (χ1) is 7.99. The van der Waals surface area contributed by atoms with Crippen molar-refractivity contribution >= 4 is 31.9 Å². The lowest BCUT2D eigenvalue weighted by molar-refractivity contribution is 0.158. The number of nitrogens with two attached hydrogens (primary N) is 1. The molecule has 1 unspecified atom stereocenters. The van der Waals surface area contributed by atoms with Gasteiger partial charge in [-0.25, -0.2) is 0 Å². The van der Waals surface area contributed by atoms with Crippen LogP contribution in [0.2, 0.25) is 0 Å². The van der Waals surface area contributed by atoms with Crippen LogP contribution in [0, 0.1) is 5.92 Å². The minimum absolute atomic E-state index is 0.00611. The molecule has 17 heavy (non-hydrogen) atoms. The van der Waals surface area contributed by atoms with Gasteiger partial charge < -0.3 is 15.2 Å². The third-order valence-corrected chi connectivity index (χ3v) is 3.70. The second-order valence-corrected chi connectivity index (χ2v) is 5.76. The summed E-state index contributed by atoms with van der Waals surface area (Å²) in [5.41, 5.74) is 5.69. The van der Waals surface area contributed by atoms with Crippen molar-refractivity contribution in [3.8, 4) is 11.5 Å². The van der Waals surface area contributed by atoms with E-state index in [-0.39, 0.29) is 6.10 Å². The van der Waals surface area contributed by atoms with Gasteiger partial charge in [0.15, 0.2) is 0 Å². The molecule has 0 heterocycles. The highest BCUT2D eigenvalue weighted by Crippen LogP contribution is 2.36. The van der Waals surface area contributed by atoms with Gasteiger partial charge in [-0.15, -0.1) is 0 Å². The van der Waals surface area contributed by atoms with Crippen LogP contribution in [0.25, 0.3) is 0 Å². The lowest BCUT2D eigenvalue weighted by Gasteiger charge is -2.22. The van der Waals surface area contributed by atoms with E-state index in [9.17, 15) is 0 Å². The van der Waals surface area contributed by atoms with E-state index in [2.05, 4.69) is 45.7 Å². The summed E-state index contributed by atoms with van der Waals surface area (Å²) in [6.45, 7) is 4.67. The van der Waals surface area contributed by atoms with Crippen molar-refractivity contribution in [2.24, 2.45) is 11.7 Å². The third-order valence-electron chi connectivity index (χ3n) is 2.46. The van der Waals surface area contributed by atoms with Gasteiger partial charge in [0.1, 0.15) is 17.6 Å². The van der Waals surface area contributed by atoms with Crippen LogP contribution < -0.4 is 15.2 Å². The lowest BCUT2D eigenvalue weighted by atomic mass is 10.1. The van der Waals surface area contributed by atoms with E-state index in [4.69, 9.17) is 15.2 Å². The monoisotopic (exact) mass is 365 g/mol. The Balaban J connectivity index is 2.95. The summed E-state index contributed by atoms with van der Waals surface area (Å²) in [7, 11) is 1.63. The number of ether oxygens (including phenoxy) is 2. The fourth-order valence-corrected chi connectivity index (χ4v) is 2.28. The zero-order valence-electron chi connectivity index (χ0n) is 10.2. The van der Waals surface area contributed by atoms with Crippen LogP contribution in [0.4, 0.5) is 0 Å². The van der Waals surface area contributed by atoms with Crippen molar-refractivity contribution in [2.75, 3.05) is 13.7 Å². The molecule has 0 spiro atoms. The molecule has 1 aromatic rings. The molecule has 3 nitrogen and oxygen atoms in total. The molecule has 0 aliphatic carbocycles. The lowest BCUT2D eigenvalue weighted by Crippen LogP contribution is -2.31. The van der Waals surface area contributed by atoms with Crippen molar-refractivity contribution in [2.45, 2.75) is 20.0 Å². The summed E-state index contributed by atoms with van der Waals surface area (Å²) in [4.78, 5) is 0. The molecule has 1 rings (SSSR count). The smallest absolute Gasteiger partial charge is 0.135 e. The molecule has 96 valence electrons. The predicted molar refractivity (Wildman–Crippen MR) is 76.7 cm³/mol. The zero-order chi connectivity index (χ0) is 13.0. The van der Waals surface area contributed by atoms with Crippen LogP contribution in [0.1, 0.15) is 13.8 Å². The normalized spacial score (nSPS) is 12.6. The average Bonchev–Trinajstić information content (AvgIpc) is 2.29. The van der Waals surface area contributed by atoms with E-state index in [1.165, 1.54) is 0 Å². The average molecular weight is 367 g/mol. The number of methoxy groups -OCH3 is 1. The van der Waals surface area contributed by atoms with Gasteiger partial charge in [0.2, 0.25) is 0 Å². The summed E-state index contributed by atoms with van der Waals surface area (Å²) in [6.07, 6.45) is 0.00611. The van der Waals surface area contributed by atoms with Crippen LogP contribution in [0.3, 0.4) is 0 Å². The van der Waals surface area contributed by atoms with Crippen molar-refractivity contribution in [1.29, 1.82) is 0 Å². The summed E-state index contributed by atoms with van der Waals surface area (Å²) in [5.74, 6) is 1.90. The largest absolute Gasteiger partial charge is 0.496 e. The molecule has 0 saturated heterocycles. The van der Waals surface area contributed by atoms with Crippen molar-refractivity contribution in [3.05, 3.63) is 21.1 Å². The number of benzene rings is 1. The SMILES string of the molecule is COc1cc(Br)c(OC(CN)C(C)C)cc1Br. The quantitative estimate of drug-likeness (QED) is 0.866. The van der Waals surface area contributed by atoms with Gasteiger partial charge >= 0.3 is 0 Å². The van der Waals surface area contributed by atoms with Crippen LogP contribution in [0.15, 0.2) is 21.1 Å². The van der Waals surface area contributed by atoms with Gasteiger partial charge in [-0.1, -0.05) is 13.8 Å². The molecule has 0 fully saturated rings. The van der Waals surface area contributed by atoms with Crippen LogP contribution in [-0.2, 0) is 0 Å². The first-order valence-corrected chi connectivity index (χ1v) is 6.98. The standard InChI is InChI=1S/C12H17Br2NO2/c1-7(2)12(6-15)17-11-5-8(13)10(16-3)4-9(11)14/h4-5,7,12H,6,15H2,1-3H3. The third kappa shape index (κ3) is 3.86. The van der Waals surface area contributed by atoms with Crippen LogP contribution >= 0.6 is 31.9 Å². The van der Waals surface area contributed by atoms with Gasteiger partial charge in [-0.2, -0.15) is 0 Å². The summed E-state index contributed by atoms with van der Waals surface area (Å²) >= 11 is 6.90. The Morgan fingerprint density at radius 1 is 1.18 bits per heavy atom. The summed E-state index contributed by atoms with van der Waals surface area (Å²) in [6, 6.07) is 3.75. The molecule has 0 aromatic heterocycles. The fourth-order valence-electron chi connectivity index (χ4n) is 1.38. The van der Waals surface area contributed by atoms with Gasteiger partial charge in [0, 0.05) is 6.54 Å². The molecular formula is C12H17Br2NO2. The Labute approximate surface area is 119 Å². The van der Waals surface area contributed by atoms with Crippen LogP contribution in [0.5, 0.6) is 11.5 Å². The highest BCUT2D eigenvalue weighted by molar-refractivity contribution is 9.11. The van der Waals surface area contributed by atoms with Crippen LogP contribution in [-0.4, -0.2) is 19.8 Å². The minimum Gasteiger partial charge on any atom is -0.496 e. The molecule has 0 bridgehead atoms. The second kappa shape index (κ2) is 6.61. The Hall–Kier alpha value is -0.260. The topological polar surface area (TPSA) is 44.5 Å². The molecule has 0 aliphatic rings. The maximum Gasteiger partial charge on any atom is 0.135 e. The number of halogens is 2. The molecule has 1 aromatic carbocycles. The molecule has 2 N–H and O–H groups in total. The number of hydrogen-bond donors (Lipinski definition) is 1. The molecule has 1 atom stereocenters. The van der Waals surface area contributed by atoms with Gasteiger partial charge in [-0.05, 0) is 49.9 Å². The number of rotatable bonds is 5. The first-order valence-electron chi connectivity index (χ1n) is 5.39. The minimum atomic E-state index is 0.00611. The Morgan fingerprint density at radius 2 is 1.71 bits per heavy atom. The van der Waals surface area contributed by atoms with Gasteiger partial charge in [0.05, 0.1) is 16.1 Å². The van der Waals surface area contributed by atoms with Crippen molar-refractivity contribution < 1.29 is 9.47 Å². The molecule has 0 radical (unpaired) electrons. The molecular weight excluding hydrogens is 350 g/mol. The summed E-state index contributed by atoms with van der Waals surface area (Å²) < 4.78 is 12.8. The van der Waals surface area contributed by atoms with E-state index >= 15 is 0 Å². The summed E-state index contributed by atoms with van der Waals surface area (Å²) in [5, 5.41) is 0. The van der Waals surface area contributed by atoms with Gasteiger partial charge in [-0.3, -0.25) is 0 Å². The Morgan fingerprint density at radius 3 is 2.18 bits per heavy atom. The van der Waals surface area contributed by atoms with E-state index < -0.39 is 0 Å². The van der Waals surface area contributed by atoms with Crippen molar-refractivity contribution in [1.82, 2.24) is 0 Å².